The third-order valence-corrected chi connectivity index (χ3v) is 6.54. The number of rotatable bonds is 5. The van der Waals surface area contributed by atoms with Crippen molar-refractivity contribution in [3.05, 3.63) is 59.7 Å². The van der Waals surface area contributed by atoms with Crippen molar-refractivity contribution < 1.29 is 17.3 Å². The van der Waals surface area contributed by atoms with Crippen molar-refractivity contribution in [2.45, 2.75) is 24.8 Å². The third kappa shape index (κ3) is 4.60. The van der Waals surface area contributed by atoms with Crippen LogP contribution in [0.1, 0.15) is 24.4 Å². The van der Waals surface area contributed by atoms with Crippen molar-refractivity contribution in [2.24, 2.45) is 5.14 Å². The van der Waals surface area contributed by atoms with Crippen LogP contribution in [-0.4, -0.2) is 49.6 Å². The van der Waals surface area contributed by atoms with Gasteiger partial charge in [-0.15, -0.1) is 0 Å². The molecular weight excluding hydrogens is 421 g/mol. The fourth-order valence-corrected chi connectivity index (χ4v) is 4.19. The van der Waals surface area contributed by atoms with Crippen LogP contribution in [-0.2, 0) is 10.0 Å². The fourth-order valence-electron chi connectivity index (χ4n) is 3.68. The van der Waals surface area contributed by atoms with Crippen LogP contribution >= 0.6 is 0 Å². The van der Waals surface area contributed by atoms with Gasteiger partial charge in [0.2, 0.25) is 21.7 Å². The zero-order chi connectivity index (χ0) is 22.2. The molecular formula is C21H24FN5O3S. The molecule has 2 N–H and O–H groups in total. The molecule has 8 nitrogen and oxygen atoms in total. The minimum atomic E-state index is -3.69. The fraction of sp³-hybridized carbons (Fsp3) is 0.333. The molecule has 1 aliphatic rings. The zero-order valence-corrected chi connectivity index (χ0v) is 18.1. The van der Waals surface area contributed by atoms with E-state index >= 15 is 0 Å². The molecule has 0 aliphatic carbocycles. The number of aromatic nitrogens is 2. The first-order valence-corrected chi connectivity index (χ1v) is 11.5. The predicted molar refractivity (Wildman–Crippen MR) is 114 cm³/mol. The molecule has 1 fully saturated rings. The van der Waals surface area contributed by atoms with Crippen molar-refractivity contribution in [1.29, 1.82) is 0 Å². The molecule has 1 atom stereocenters. The maximum atomic E-state index is 13.5. The maximum Gasteiger partial charge on any atom is 0.244 e. The highest BCUT2D eigenvalue weighted by Crippen LogP contribution is 2.26. The van der Waals surface area contributed by atoms with Crippen LogP contribution in [0.25, 0.3) is 11.4 Å². The Morgan fingerprint density at radius 2 is 1.77 bits per heavy atom. The second-order valence-electron chi connectivity index (χ2n) is 7.66. The molecule has 2 aromatic carbocycles. The molecule has 0 bridgehead atoms. The molecule has 1 saturated heterocycles. The van der Waals surface area contributed by atoms with E-state index in [1.165, 1.54) is 18.2 Å². The van der Waals surface area contributed by atoms with E-state index < -0.39 is 10.0 Å². The van der Waals surface area contributed by atoms with Crippen molar-refractivity contribution in [3.63, 3.8) is 0 Å². The van der Waals surface area contributed by atoms with E-state index in [1.807, 2.05) is 6.92 Å². The first kappa shape index (κ1) is 21.4. The molecule has 3 aromatic rings. The van der Waals surface area contributed by atoms with Crippen LogP contribution < -0.4 is 10.0 Å². The van der Waals surface area contributed by atoms with Gasteiger partial charge in [-0.2, -0.15) is 4.98 Å². The first-order valence-electron chi connectivity index (χ1n) is 9.94. The summed E-state index contributed by atoms with van der Waals surface area (Å²) in [6.07, 6.45) is 0. The van der Waals surface area contributed by atoms with Crippen LogP contribution in [0.3, 0.4) is 0 Å². The average Bonchev–Trinajstić information content (AvgIpc) is 3.25. The lowest BCUT2D eigenvalue weighted by atomic mass is 10.1. The highest BCUT2D eigenvalue weighted by atomic mass is 32.2. The van der Waals surface area contributed by atoms with Gasteiger partial charge in [0.1, 0.15) is 5.82 Å². The molecule has 10 heteroatoms. The smallest absolute Gasteiger partial charge is 0.244 e. The summed E-state index contributed by atoms with van der Waals surface area (Å²) in [5.41, 5.74) is 2.20. The third-order valence-electron chi connectivity index (χ3n) is 5.61. The summed E-state index contributed by atoms with van der Waals surface area (Å²) >= 11 is 0. The van der Waals surface area contributed by atoms with E-state index in [0.717, 1.165) is 31.9 Å². The van der Waals surface area contributed by atoms with Gasteiger partial charge in [0, 0.05) is 37.4 Å². The summed E-state index contributed by atoms with van der Waals surface area (Å²) in [6, 6.07) is 11.3. The van der Waals surface area contributed by atoms with Crippen LogP contribution in [0.15, 0.2) is 51.9 Å². The summed E-state index contributed by atoms with van der Waals surface area (Å²) in [7, 11) is -3.69. The molecule has 4 rings (SSSR count). The SMILES string of the molecule is Cc1cc(-c2noc(C(C)N3CCN(c4ccc(S(N)(=O)=O)cc4)CC3)n2)ccc1F. The van der Waals surface area contributed by atoms with Crippen LogP contribution in [0, 0.1) is 12.7 Å². The molecule has 1 aliphatic heterocycles. The number of halogens is 1. The standard InChI is InChI=1S/C21H24FN5O3S/c1-14-13-16(3-8-19(14)22)20-24-21(30-25-20)15(2)26-9-11-27(12-10-26)17-4-6-18(7-5-17)31(23,28)29/h3-8,13,15H,9-12H2,1-2H3,(H2,23,28,29). The van der Waals surface area contributed by atoms with Gasteiger partial charge in [0.25, 0.3) is 0 Å². The molecule has 0 amide bonds. The summed E-state index contributed by atoms with van der Waals surface area (Å²) in [4.78, 5) is 9.06. The molecule has 2 heterocycles. The molecule has 0 saturated carbocycles. The van der Waals surface area contributed by atoms with E-state index in [2.05, 4.69) is 19.9 Å². The van der Waals surface area contributed by atoms with Crippen molar-refractivity contribution in [2.75, 3.05) is 31.1 Å². The summed E-state index contributed by atoms with van der Waals surface area (Å²) in [5.74, 6) is 0.694. The van der Waals surface area contributed by atoms with Gasteiger partial charge in [0.15, 0.2) is 0 Å². The summed E-state index contributed by atoms with van der Waals surface area (Å²) in [6.45, 7) is 6.83. The van der Waals surface area contributed by atoms with Gasteiger partial charge < -0.3 is 9.42 Å². The highest BCUT2D eigenvalue weighted by Gasteiger charge is 2.26. The number of anilines is 1. The van der Waals surface area contributed by atoms with Crippen molar-refractivity contribution in [1.82, 2.24) is 15.0 Å². The molecule has 0 radical (unpaired) electrons. The Labute approximate surface area is 180 Å². The number of hydrogen-bond acceptors (Lipinski definition) is 7. The van der Waals surface area contributed by atoms with E-state index in [0.29, 0.717) is 22.8 Å². The lowest BCUT2D eigenvalue weighted by molar-refractivity contribution is 0.164. The maximum absolute atomic E-state index is 13.5. The van der Waals surface area contributed by atoms with Gasteiger partial charge in [-0.1, -0.05) is 5.16 Å². The number of piperazine rings is 1. The minimum absolute atomic E-state index is 0.0605. The number of aryl methyl sites for hydroxylation is 1. The Kier molecular flexibility index (Phi) is 5.78. The van der Waals surface area contributed by atoms with E-state index in [-0.39, 0.29) is 16.8 Å². The Hall–Kier alpha value is -2.82. The van der Waals surface area contributed by atoms with Crippen LogP contribution in [0.5, 0.6) is 0 Å². The number of benzene rings is 2. The number of sulfonamides is 1. The summed E-state index contributed by atoms with van der Waals surface area (Å²) < 4.78 is 41.8. The Morgan fingerprint density at radius 3 is 2.39 bits per heavy atom. The molecule has 1 unspecified atom stereocenters. The number of nitrogens with two attached hydrogens (primary N) is 1. The Bertz CT molecular complexity index is 1170. The topological polar surface area (TPSA) is 106 Å². The largest absolute Gasteiger partial charge is 0.369 e. The predicted octanol–water partition coefficient (Wildman–Crippen LogP) is 2.71. The lowest BCUT2D eigenvalue weighted by Gasteiger charge is -2.38. The Morgan fingerprint density at radius 1 is 1.10 bits per heavy atom. The number of primary sulfonamides is 1. The van der Waals surface area contributed by atoms with Gasteiger partial charge in [-0.3, -0.25) is 4.90 Å². The van der Waals surface area contributed by atoms with Crippen molar-refractivity contribution >= 4 is 15.7 Å². The van der Waals surface area contributed by atoms with Crippen LogP contribution in [0.2, 0.25) is 0 Å². The van der Waals surface area contributed by atoms with Gasteiger partial charge in [0.05, 0.1) is 10.9 Å². The van der Waals surface area contributed by atoms with Gasteiger partial charge >= 0.3 is 0 Å². The van der Waals surface area contributed by atoms with E-state index in [4.69, 9.17) is 9.66 Å². The first-order chi connectivity index (χ1) is 14.7. The molecule has 164 valence electrons. The quantitative estimate of drug-likeness (QED) is 0.644. The van der Waals surface area contributed by atoms with E-state index in [9.17, 15) is 12.8 Å². The molecule has 1 aromatic heterocycles. The zero-order valence-electron chi connectivity index (χ0n) is 17.3. The molecule has 0 spiro atoms. The molecule has 31 heavy (non-hydrogen) atoms. The number of hydrogen-bond donors (Lipinski definition) is 1. The number of nitrogens with zero attached hydrogens (tertiary/aromatic N) is 4. The van der Waals surface area contributed by atoms with Gasteiger partial charge in [-0.25, -0.2) is 17.9 Å². The second-order valence-corrected chi connectivity index (χ2v) is 9.22. The monoisotopic (exact) mass is 445 g/mol. The normalized spacial score (nSPS) is 16.5. The second kappa shape index (κ2) is 8.37. The van der Waals surface area contributed by atoms with Crippen molar-refractivity contribution in [3.8, 4) is 11.4 Å². The van der Waals surface area contributed by atoms with E-state index in [1.54, 1.807) is 31.2 Å². The Balaban J connectivity index is 1.40. The van der Waals surface area contributed by atoms with Crippen LogP contribution in [0.4, 0.5) is 10.1 Å². The lowest BCUT2D eigenvalue weighted by Crippen LogP contribution is -2.47. The summed E-state index contributed by atoms with van der Waals surface area (Å²) in [5, 5.41) is 9.22. The highest BCUT2D eigenvalue weighted by molar-refractivity contribution is 7.89. The minimum Gasteiger partial charge on any atom is -0.369 e. The van der Waals surface area contributed by atoms with Gasteiger partial charge in [-0.05, 0) is 61.9 Å². The average molecular weight is 446 g/mol.